The first-order valence-electron chi connectivity index (χ1n) is 7.68. The molecule has 3 N–H and O–H groups in total. The van der Waals surface area contributed by atoms with Gasteiger partial charge in [0.15, 0.2) is 0 Å². The molecule has 1 aromatic carbocycles. The van der Waals surface area contributed by atoms with Gasteiger partial charge in [0.2, 0.25) is 10.0 Å². The van der Waals surface area contributed by atoms with Crippen molar-refractivity contribution >= 4 is 27.3 Å². The van der Waals surface area contributed by atoms with Crippen molar-refractivity contribution in [1.29, 1.82) is 0 Å². The van der Waals surface area contributed by atoms with Crippen LogP contribution in [0.2, 0.25) is 0 Å². The van der Waals surface area contributed by atoms with Crippen LogP contribution in [0.15, 0.2) is 30.3 Å². The first-order chi connectivity index (χ1) is 12.0. The minimum Gasteiger partial charge on any atom is -0.354 e. The zero-order chi connectivity index (χ0) is 19.5. The summed E-state index contributed by atoms with van der Waals surface area (Å²) in [6.07, 6.45) is -2.20. The lowest BCUT2D eigenvalue weighted by molar-refractivity contribution is -0.137. The number of aryl methyl sites for hydroxylation is 1. The van der Waals surface area contributed by atoms with Gasteiger partial charge in [-0.1, -0.05) is 13.3 Å². The predicted octanol–water partition coefficient (Wildman–Crippen LogP) is 3.61. The predicted molar refractivity (Wildman–Crippen MR) is 92.7 cm³/mol. The van der Waals surface area contributed by atoms with Gasteiger partial charge in [0, 0.05) is 5.69 Å². The summed E-state index contributed by atoms with van der Waals surface area (Å²) in [4.78, 5) is 15.2. The number of aromatic nitrogens is 1. The normalized spacial score (nSPS) is 12.0. The van der Waals surface area contributed by atoms with E-state index in [-0.39, 0.29) is 17.1 Å². The second-order valence-electron chi connectivity index (χ2n) is 5.73. The van der Waals surface area contributed by atoms with Gasteiger partial charge >= 0.3 is 6.18 Å². The highest BCUT2D eigenvalue weighted by atomic mass is 32.2. The molecule has 0 saturated carbocycles. The molecule has 1 amide bonds. The Bertz CT molecular complexity index is 905. The van der Waals surface area contributed by atoms with E-state index in [0.29, 0.717) is 6.07 Å². The third kappa shape index (κ3) is 5.25. The number of carbonyl (C=O) groups is 1. The van der Waals surface area contributed by atoms with E-state index in [1.807, 2.05) is 6.92 Å². The van der Waals surface area contributed by atoms with E-state index in [9.17, 15) is 26.4 Å². The van der Waals surface area contributed by atoms with Crippen molar-refractivity contribution in [2.75, 3.05) is 16.3 Å². The fourth-order valence-corrected chi connectivity index (χ4v) is 2.87. The van der Waals surface area contributed by atoms with Gasteiger partial charge < -0.3 is 10.3 Å². The molecule has 26 heavy (non-hydrogen) atoms. The highest BCUT2D eigenvalue weighted by molar-refractivity contribution is 7.92. The third-order valence-corrected chi connectivity index (χ3v) is 3.99. The molecule has 0 aliphatic heterocycles. The smallest absolute Gasteiger partial charge is 0.354 e. The molecule has 10 heteroatoms. The van der Waals surface area contributed by atoms with Crippen LogP contribution in [0.4, 0.5) is 24.5 Å². The van der Waals surface area contributed by atoms with Gasteiger partial charge in [-0.25, -0.2) is 8.42 Å². The number of rotatable bonds is 6. The Balaban J connectivity index is 2.35. The van der Waals surface area contributed by atoms with E-state index in [4.69, 9.17) is 0 Å². The van der Waals surface area contributed by atoms with Crippen molar-refractivity contribution < 1.29 is 26.4 Å². The summed E-state index contributed by atoms with van der Waals surface area (Å²) in [5.41, 5.74) is -0.478. The Morgan fingerprint density at radius 3 is 2.42 bits per heavy atom. The molecule has 1 aromatic heterocycles. The highest BCUT2D eigenvalue weighted by Crippen LogP contribution is 2.34. The highest BCUT2D eigenvalue weighted by Gasteiger charge is 2.31. The molecule has 0 spiro atoms. The zero-order valence-electron chi connectivity index (χ0n) is 14.1. The maximum absolute atomic E-state index is 12.9. The number of aromatic amines is 1. The number of halogens is 3. The van der Waals surface area contributed by atoms with Gasteiger partial charge in [-0.3, -0.25) is 9.52 Å². The monoisotopic (exact) mass is 389 g/mol. The Kier molecular flexibility index (Phi) is 5.65. The van der Waals surface area contributed by atoms with E-state index in [0.717, 1.165) is 36.9 Å². The molecule has 0 unspecified atom stereocenters. The minimum absolute atomic E-state index is 0.158. The van der Waals surface area contributed by atoms with E-state index < -0.39 is 27.7 Å². The summed E-state index contributed by atoms with van der Waals surface area (Å²) >= 11 is 0. The first-order valence-corrected chi connectivity index (χ1v) is 9.57. The van der Waals surface area contributed by atoms with Crippen molar-refractivity contribution in [3.63, 3.8) is 0 Å². The Labute approximate surface area is 148 Å². The molecule has 0 radical (unpaired) electrons. The van der Waals surface area contributed by atoms with E-state index >= 15 is 0 Å². The second kappa shape index (κ2) is 7.40. The van der Waals surface area contributed by atoms with Crippen LogP contribution in [-0.2, 0) is 22.6 Å². The molecule has 2 rings (SSSR count). The molecule has 1 heterocycles. The van der Waals surface area contributed by atoms with Crippen LogP contribution in [0.3, 0.4) is 0 Å². The molecular weight excluding hydrogens is 371 g/mol. The number of hydrogen-bond acceptors (Lipinski definition) is 3. The van der Waals surface area contributed by atoms with E-state index in [1.54, 1.807) is 6.07 Å². The standard InChI is InChI=1S/C16H18F3N3O3S/c1-3-4-11-6-8-13(20-11)15(23)21-14-9-10(16(17,18)19)5-7-12(14)22-26(2,24)25/h5-9,20,22H,3-4H2,1-2H3,(H,21,23). The Hall–Kier alpha value is -2.49. The van der Waals surface area contributed by atoms with Gasteiger partial charge in [0.25, 0.3) is 5.91 Å². The van der Waals surface area contributed by atoms with Gasteiger partial charge in [-0.05, 0) is 36.8 Å². The first kappa shape index (κ1) is 19.8. The fourth-order valence-electron chi connectivity index (χ4n) is 2.29. The number of nitrogens with one attached hydrogen (secondary N) is 3. The topological polar surface area (TPSA) is 91.1 Å². The summed E-state index contributed by atoms with van der Waals surface area (Å²) in [5.74, 6) is -0.678. The summed E-state index contributed by atoms with van der Waals surface area (Å²) in [6.45, 7) is 1.96. The zero-order valence-corrected chi connectivity index (χ0v) is 14.9. The van der Waals surface area contributed by atoms with Crippen LogP contribution in [0.1, 0.15) is 35.1 Å². The molecule has 142 valence electrons. The van der Waals surface area contributed by atoms with Gasteiger partial charge in [-0.15, -0.1) is 0 Å². The lowest BCUT2D eigenvalue weighted by Gasteiger charge is -2.15. The Morgan fingerprint density at radius 1 is 1.15 bits per heavy atom. The second-order valence-corrected chi connectivity index (χ2v) is 7.48. The number of sulfonamides is 1. The van der Waals surface area contributed by atoms with Crippen LogP contribution in [0, 0.1) is 0 Å². The lowest BCUT2D eigenvalue weighted by Crippen LogP contribution is -2.17. The van der Waals surface area contributed by atoms with Crippen molar-refractivity contribution in [3.8, 4) is 0 Å². The van der Waals surface area contributed by atoms with Gasteiger partial charge in [0.1, 0.15) is 5.69 Å². The number of carbonyl (C=O) groups excluding carboxylic acids is 1. The average Bonchev–Trinajstić information content (AvgIpc) is 2.95. The summed E-state index contributed by atoms with van der Waals surface area (Å²) in [5, 5.41) is 2.32. The van der Waals surface area contributed by atoms with E-state index in [1.165, 1.54) is 6.07 Å². The molecule has 6 nitrogen and oxygen atoms in total. The maximum Gasteiger partial charge on any atom is 0.416 e. The SMILES string of the molecule is CCCc1ccc(C(=O)Nc2cc(C(F)(F)F)ccc2NS(C)(=O)=O)[nH]1. The van der Waals surface area contributed by atoms with Crippen molar-refractivity contribution in [3.05, 3.63) is 47.3 Å². The average molecular weight is 389 g/mol. The van der Waals surface area contributed by atoms with Crippen LogP contribution < -0.4 is 10.0 Å². The largest absolute Gasteiger partial charge is 0.416 e. The van der Waals surface area contributed by atoms with Crippen LogP contribution in [0.25, 0.3) is 0 Å². The summed E-state index contributed by atoms with van der Waals surface area (Å²) in [6, 6.07) is 5.59. The molecule has 0 atom stereocenters. The minimum atomic E-state index is -4.64. The van der Waals surface area contributed by atoms with Crippen LogP contribution >= 0.6 is 0 Å². The molecule has 0 aliphatic carbocycles. The molecule has 0 aliphatic rings. The van der Waals surface area contributed by atoms with Crippen molar-refractivity contribution in [2.24, 2.45) is 0 Å². The molecule has 0 fully saturated rings. The van der Waals surface area contributed by atoms with Crippen molar-refractivity contribution in [1.82, 2.24) is 4.98 Å². The quantitative estimate of drug-likeness (QED) is 0.705. The molecular formula is C16H18F3N3O3S. The van der Waals surface area contributed by atoms with Gasteiger partial charge in [-0.2, -0.15) is 13.2 Å². The third-order valence-electron chi connectivity index (χ3n) is 3.40. The molecule has 2 aromatic rings. The van der Waals surface area contributed by atoms with Crippen LogP contribution in [0.5, 0.6) is 0 Å². The molecule has 0 saturated heterocycles. The fraction of sp³-hybridized carbons (Fsp3) is 0.312. The number of anilines is 2. The number of H-pyrrole nitrogens is 1. The lowest BCUT2D eigenvalue weighted by atomic mass is 10.1. The van der Waals surface area contributed by atoms with Crippen LogP contribution in [-0.4, -0.2) is 25.6 Å². The number of amides is 1. The Morgan fingerprint density at radius 2 is 1.85 bits per heavy atom. The summed E-state index contributed by atoms with van der Waals surface area (Å²) < 4.78 is 63.7. The van der Waals surface area contributed by atoms with E-state index in [2.05, 4.69) is 15.0 Å². The maximum atomic E-state index is 12.9. The number of benzene rings is 1. The number of hydrogen-bond donors (Lipinski definition) is 3. The van der Waals surface area contributed by atoms with Gasteiger partial charge in [0.05, 0.1) is 23.2 Å². The summed E-state index contributed by atoms with van der Waals surface area (Å²) in [7, 11) is -3.74. The molecule has 0 bridgehead atoms. The number of alkyl halides is 3. The van der Waals surface area contributed by atoms with Crippen molar-refractivity contribution in [2.45, 2.75) is 25.9 Å².